The quantitative estimate of drug-likeness (QED) is 0.297. The molecule has 0 amide bonds. The van der Waals surface area contributed by atoms with Crippen LogP contribution in [-0.2, 0) is 4.79 Å². The lowest BCUT2D eigenvalue weighted by molar-refractivity contribution is -0.136. The molecule has 6 heteroatoms. The van der Waals surface area contributed by atoms with Gasteiger partial charge >= 0.3 is 5.97 Å². The van der Waals surface area contributed by atoms with Crippen LogP contribution in [0.4, 0.5) is 0 Å². The van der Waals surface area contributed by atoms with Crippen molar-refractivity contribution in [3.63, 3.8) is 0 Å². The van der Waals surface area contributed by atoms with Gasteiger partial charge in [0.15, 0.2) is 6.61 Å². The highest BCUT2D eigenvalue weighted by atomic mass is 16.6. The molecule has 4 aromatic rings. The second-order valence-electron chi connectivity index (χ2n) is 7.59. The van der Waals surface area contributed by atoms with Gasteiger partial charge in [-0.2, -0.15) is 0 Å². The van der Waals surface area contributed by atoms with Gasteiger partial charge in [0.2, 0.25) is 11.2 Å². The van der Waals surface area contributed by atoms with Gasteiger partial charge in [0, 0.05) is 6.07 Å². The minimum Gasteiger partial charge on any atom is -0.482 e. The third kappa shape index (κ3) is 4.98. The summed E-state index contributed by atoms with van der Waals surface area (Å²) in [5, 5.41) is 0.321. The van der Waals surface area contributed by atoms with Crippen LogP contribution in [0.5, 0.6) is 23.0 Å². The Morgan fingerprint density at radius 3 is 2.34 bits per heavy atom. The van der Waals surface area contributed by atoms with E-state index in [0.29, 0.717) is 16.9 Å². The van der Waals surface area contributed by atoms with Gasteiger partial charge < -0.3 is 18.6 Å². The highest BCUT2D eigenvalue weighted by molar-refractivity contribution is 5.81. The third-order valence-electron chi connectivity index (χ3n) is 4.72. The maximum Gasteiger partial charge on any atom is 0.349 e. The summed E-state index contributed by atoms with van der Waals surface area (Å²) in [4.78, 5) is 24.9. The minimum atomic E-state index is -0.565. The van der Waals surface area contributed by atoms with Gasteiger partial charge in [0.1, 0.15) is 29.1 Å². The van der Waals surface area contributed by atoms with Crippen LogP contribution in [0.2, 0.25) is 0 Å². The molecule has 1 heterocycles. The van der Waals surface area contributed by atoms with Crippen LogP contribution in [0.15, 0.2) is 76.1 Å². The SMILES string of the molecule is Cc1cc(C)cc(OCC(=O)Oc2ccc3c(=O)c(Oc4cccc(C)c4)coc3c2)c1. The molecule has 0 fully saturated rings. The van der Waals surface area contributed by atoms with Gasteiger partial charge in [-0.25, -0.2) is 4.79 Å². The molecule has 0 aliphatic carbocycles. The highest BCUT2D eigenvalue weighted by Gasteiger charge is 2.12. The van der Waals surface area contributed by atoms with Crippen molar-refractivity contribution in [1.29, 1.82) is 0 Å². The van der Waals surface area contributed by atoms with Crippen LogP contribution >= 0.6 is 0 Å². The van der Waals surface area contributed by atoms with E-state index in [9.17, 15) is 9.59 Å². The second-order valence-corrected chi connectivity index (χ2v) is 7.59. The number of benzene rings is 3. The number of esters is 1. The fraction of sp³-hybridized carbons (Fsp3) is 0.154. The number of ether oxygens (including phenoxy) is 3. The molecular weight excluding hydrogens is 408 g/mol. The summed E-state index contributed by atoms with van der Waals surface area (Å²) in [7, 11) is 0. The van der Waals surface area contributed by atoms with Gasteiger partial charge in [0.25, 0.3) is 0 Å². The number of carbonyl (C=O) groups excluding carboxylic acids is 1. The molecule has 162 valence electrons. The molecule has 32 heavy (non-hydrogen) atoms. The standard InChI is InChI=1S/C26H22O6/c1-16-5-4-6-19(10-16)31-24-14-30-23-13-20(7-8-22(23)26(24)28)32-25(27)15-29-21-11-17(2)9-18(3)12-21/h4-14H,15H2,1-3H3. The van der Waals surface area contributed by atoms with Gasteiger partial charge in [-0.3, -0.25) is 4.79 Å². The maximum absolute atomic E-state index is 12.8. The number of hydrogen-bond acceptors (Lipinski definition) is 6. The minimum absolute atomic E-state index is 0.0784. The monoisotopic (exact) mass is 430 g/mol. The van der Waals surface area contributed by atoms with Crippen molar-refractivity contribution < 1.29 is 23.4 Å². The number of hydrogen-bond donors (Lipinski definition) is 0. The van der Waals surface area contributed by atoms with E-state index in [1.165, 1.54) is 24.5 Å². The van der Waals surface area contributed by atoms with Gasteiger partial charge in [-0.1, -0.05) is 18.2 Å². The van der Waals surface area contributed by atoms with Gasteiger partial charge in [0.05, 0.1) is 5.39 Å². The van der Waals surface area contributed by atoms with Crippen molar-refractivity contribution in [3.05, 3.63) is 93.8 Å². The smallest absolute Gasteiger partial charge is 0.349 e. The Balaban J connectivity index is 1.46. The number of fused-ring (bicyclic) bond motifs is 1. The first kappa shape index (κ1) is 21.2. The lowest BCUT2D eigenvalue weighted by atomic mass is 10.1. The van der Waals surface area contributed by atoms with Crippen LogP contribution in [-0.4, -0.2) is 12.6 Å². The largest absolute Gasteiger partial charge is 0.482 e. The summed E-state index contributed by atoms with van der Waals surface area (Å²) >= 11 is 0. The molecule has 0 N–H and O–H groups in total. The Labute approximate surface area is 185 Å². The summed E-state index contributed by atoms with van der Waals surface area (Å²) < 4.78 is 22.1. The zero-order chi connectivity index (χ0) is 22.7. The van der Waals surface area contributed by atoms with Gasteiger partial charge in [-0.15, -0.1) is 0 Å². The normalized spacial score (nSPS) is 10.7. The summed E-state index contributed by atoms with van der Waals surface area (Å²) in [5.74, 6) is 0.915. The van der Waals surface area contributed by atoms with Crippen molar-refractivity contribution in [3.8, 4) is 23.0 Å². The summed E-state index contributed by atoms with van der Waals surface area (Å²) in [6.07, 6.45) is 1.25. The Morgan fingerprint density at radius 1 is 0.844 bits per heavy atom. The molecule has 0 bridgehead atoms. The van der Waals surface area contributed by atoms with Crippen molar-refractivity contribution in [2.45, 2.75) is 20.8 Å². The Kier molecular flexibility index (Phi) is 5.94. The van der Waals surface area contributed by atoms with Crippen LogP contribution in [0.3, 0.4) is 0 Å². The lowest BCUT2D eigenvalue weighted by Crippen LogP contribution is -2.17. The van der Waals surface area contributed by atoms with Crippen LogP contribution < -0.4 is 19.6 Å². The predicted octanol–water partition coefficient (Wildman–Crippen LogP) is 5.49. The van der Waals surface area contributed by atoms with E-state index < -0.39 is 5.97 Å². The molecule has 0 saturated heterocycles. The van der Waals surface area contributed by atoms with Crippen molar-refractivity contribution in [2.24, 2.45) is 0 Å². The Bertz CT molecular complexity index is 1330. The third-order valence-corrected chi connectivity index (χ3v) is 4.72. The Morgan fingerprint density at radius 2 is 1.59 bits per heavy atom. The van der Waals surface area contributed by atoms with Crippen LogP contribution in [0.25, 0.3) is 11.0 Å². The van der Waals surface area contributed by atoms with E-state index in [2.05, 4.69) is 0 Å². The summed E-state index contributed by atoms with van der Waals surface area (Å²) in [6.45, 7) is 5.61. The van der Waals surface area contributed by atoms with Crippen molar-refractivity contribution >= 4 is 16.9 Å². The van der Waals surface area contributed by atoms with Crippen molar-refractivity contribution in [1.82, 2.24) is 0 Å². The molecule has 0 unspecified atom stereocenters. The number of carbonyl (C=O) groups is 1. The van der Waals surface area contributed by atoms with E-state index >= 15 is 0 Å². The molecule has 6 nitrogen and oxygen atoms in total. The second kappa shape index (κ2) is 8.98. The van der Waals surface area contributed by atoms with E-state index in [4.69, 9.17) is 18.6 Å². The number of rotatable bonds is 6. The molecule has 0 saturated carbocycles. The topological polar surface area (TPSA) is 75.0 Å². The first-order valence-corrected chi connectivity index (χ1v) is 10.1. The average molecular weight is 430 g/mol. The molecule has 0 aliphatic heterocycles. The maximum atomic E-state index is 12.8. The molecule has 0 radical (unpaired) electrons. The summed E-state index contributed by atoms with van der Waals surface area (Å²) in [6, 6.07) is 17.6. The molecule has 3 aromatic carbocycles. The van der Waals surface area contributed by atoms with Crippen LogP contribution in [0.1, 0.15) is 16.7 Å². The molecule has 4 rings (SSSR count). The molecule has 1 aromatic heterocycles. The molecule has 0 spiro atoms. The van der Waals surface area contributed by atoms with E-state index in [1.807, 2.05) is 57.2 Å². The van der Waals surface area contributed by atoms with E-state index in [1.54, 1.807) is 6.07 Å². The Hall–Kier alpha value is -4.06. The highest BCUT2D eigenvalue weighted by Crippen LogP contribution is 2.25. The first-order chi connectivity index (χ1) is 15.4. The fourth-order valence-electron chi connectivity index (χ4n) is 3.35. The predicted molar refractivity (Wildman–Crippen MR) is 121 cm³/mol. The molecule has 0 atom stereocenters. The zero-order valence-corrected chi connectivity index (χ0v) is 18.0. The van der Waals surface area contributed by atoms with E-state index in [0.717, 1.165) is 16.7 Å². The van der Waals surface area contributed by atoms with Crippen LogP contribution in [0, 0.1) is 20.8 Å². The first-order valence-electron chi connectivity index (χ1n) is 10.1. The van der Waals surface area contributed by atoms with Gasteiger partial charge in [-0.05, 0) is 73.9 Å². The zero-order valence-electron chi connectivity index (χ0n) is 18.0. The number of aryl methyl sites for hydroxylation is 3. The molecular formula is C26H22O6. The fourth-order valence-corrected chi connectivity index (χ4v) is 3.35. The molecule has 0 aliphatic rings. The summed E-state index contributed by atoms with van der Waals surface area (Å²) in [5.41, 5.74) is 3.07. The van der Waals surface area contributed by atoms with Crippen molar-refractivity contribution in [2.75, 3.05) is 6.61 Å². The lowest BCUT2D eigenvalue weighted by Gasteiger charge is -2.09. The van der Waals surface area contributed by atoms with E-state index in [-0.39, 0.29) is 29.1 Å². The average Bonchev–Trinajstić information content (AvgIpc) is 2.74.